The van der Waals surface area contributed by atoms with Crippen molar-refractivity contribution in [3.8, 4) is 0 Å². The van der Waals surface area contributed by atoms with Crippen molar-refractivity contribution >= 4 is 0 Å². The number of nitrogens with one attached hydrogen (secondary N) is 1. The summed E-state index contributed by atoms with van der Waals surface area (Å²) in [6.07, 6.45) is 1.24. The van der Waals surface area contributed by atoms with Gasteiger partial charge >= 0.3 is 0 Å². The second-order valence-corrected chi connectivity index (χ2v) is 8.16. The van der Waals surface area contributed by atoms with E-state index in [-0.39, 0.29) is 0 Å². The van der Waals surface area contributed by atoms with E-state index in [4.69, 9.17) is 0 Å². The lowest BCUT2D eigenvalue weighted by Gasteiger charge is -2.51. The van der Waals surface area contributed by atoms with Crippen molar-refractivity contribution in [1.29, 1.82) is 0 Å². The molecule has 3 unspecified atom stereocenters. The second-order valence-electron chi connectivity index (χ2n) is 8.16. The van der Waals surface area contributed by atoms with Crippen molar-refractivity contribution in [2.24, 2.45) is 10.8 Å². The van der Waals surface area contributed by atoms with E-state index in [1.807, 2.05) is 0 Å². The Morgan fingerprint density at radius 2 is 1.67 bits per heavy atom. The van der Waals surface area contributed by atoms with E-state index < -0.39 is 0 Å². The highest BCUT2D eigenvalue weighted by Gasteiger charge is 2.40. The van der Waals surface area contributed by atoms with Crippen molar-refractivity contribution in [3.63, 3.8) is 0 Å². The zero-order valence-corrected chi connectivity index (χ0v) is 13.8. The molecule has 18 heavy (non-hydrogen) atoms. The van der Waals surface area contributed by atoms with E-state index in [1.165, 1.54) is 13.0 Å². The molecule has 3 atom stereocenters. The fraction of sp³-hybridized carbons (Fsp3) is 1.00. The van der Waals surface area contributed by atoms with Crippen LogP contribution in [0.3, 0.4) is 0 Å². The van der Waals surface area contributed by atoms with Crippen LogP contribution in [0.5, 0.6) is 0 Å². The molecule has 0 aliphatic carbocycles. The Bertz CT molecular complexity index is 259. The summed E-state index contributed by atoms with van der Waals surface area (Å²) < 4.78 is 0. The van der Waals surface area contributed by atoms with Gasteiger partial charge < -0.3 is 5.32 Å². The molecule has 1 fully saturated rings. The highest BCUT2D eigenvalue weighted by Crippen LogP contribution is 2.32. The maximum atomic E-state index is 3.78. The number of hydrogen-bond donors (Lipinski definition) is 1. The van der Waals surface area contributed by atoms with Crippen LogP contribution in [-0.2, 0) is 0 Å². The van der Waals surface area contributed by atoms with Crippen LogP contribution in [0, 0.1) is 10.8 Å². The lowest BCUT2D eigenvalue weighted by molar-refractivity contribution is 0.00396. The number of piperazine rings is 1. The van der Waals surface area contributed by atoms with Crippen LogP contribution in [0.25, 0.3) is 0 Å². The normalized spacial score (nSPS) is 29.3. The maximum Gasteiger partial charge on any atom is 0.0272 e. The van der Waals surface area contributed by atoms with Crippen molar-refractivity contribution in [3.05, 3.63) is 0 Å². The van der Waals surface area contributed by atoms with Gasteiger partial charge in [-0.05, 0) is 24.2 Å². The van der Waals surface area contributed by atoms with Gasteiger partial charge in [-0.15, -0.1) is 0 Å². The predicted octanol–water partition coefficient (Wildman–Crippen LogP) is 3.52. The van der Waals surface area contributed by atoms with Gasteiger partial charge in [0.05, 0.1) is 0 Å². The fourth-order valence-corrected chi connectivity index (χ4v) is 2.88. The van der Waals surface area contributed by atoms with E-state index in [2.05, 4.69) is 65.6 Å². The minimum absolute atomic E-state index is 0.342. The average molecular weight is 254 g/mol. The Morgan fingerprint density at radius 3 is 2.06 bits per heavy atom. The summed E-state index contributed by atoms with van der Waals surface area (Å²) in [5.41, 5.74) is 0.688. The molecule has 1 rings (SSSR count). The summed E-state index contributed by atoms with van der Waals surface area (Å²) in [6, 6.07) is 1.93. The van der Waals surface area contributed by atoms with Crippen molar-refractivity contribution in [2.75, 3.05) is 13.1 Å². The van der Waals surface area contributed by atoms with E-state index in [9.17, 15) is 0 Å². The molecule has 0 aromatic heterocycles. The third-order valence-corrected chi connectivity index (χ3v) is 4.55. The number of nitrogens with zero attached hydrogens (tertiary/aromatic N) is 1. The lowest BCUT2D eigenvalue weighted by atomic mass is 9.79. The third kappa shape index (κ3) is 3.71. The Labute approximate surface area is 115 Å². The highest BCUT2D eigenvalue weighted by molar-refractivity contribution is 4.97. The highest BCUT2D eigenvalue weighted by atomic mass is 15.3. The molecule has 2 nitrogen and oxygen atoms in total. The first-order chi connectivity index (χ1) is 8.07. The lowest BCUT2D eigenvalue weighted by Crippen LogP contribution is -2.65. The van der Waals surface area contributed by atoms with Crippen LogP contribution >= 0.6 is 0 Å². The summed E-state index contributed by atoms with van der Waals surface area (Å²) in [4.78, 5) is 2.74. The van der Waals surface area contributed by atoms with E-state index in [1.54, 1.807) is 0 Å². The van der Waals surface area contributed by atoms with Crippen molar-refractivity contribution in [2.45, 2.75) is 79.9 Å². The predicted molar refractivity (Wildman–Crippen MR) is 80.9 cm³/mol. The van der Waals surface area contributed by atoms with Gasteiger partial charge in [0, 0.05) is 31.2 Å². The van der Waals surface area contributed by atoms with Crippen LogP contribution in [0.4, 0.5) is 0 Å². The molecule has 0 radical (unpaired) electrons. The standard InChI is InChI=1S/C16H34N2/c1-9-12(2)18-11-13(15(3,4)5)17-10-14(18)16(6,7)8/h12-14,17H,9-11H2,1-8H3. The van der Waals surface area contributed by atoms with Crippen LogP contribution < -0.4 is 5.32 Å². The third-order valence-electron chi connectivity index (χ3n) is 4.55. The topological polar surface area (TPSA) is 15.3 Å². The largest absolute Gasteiger partial charge is 0.311 e. The zero-order valence-electron chi connectivity index (χ0n) is 13.8. The zero-order chi connectivity index (χ0) is 14.1. The average Bonchev–Trinajstić information content (AvgIpc) is 2.24. The fourth-order valence-electron chi connectivity index (χ4n) is 2.88. The first kappa shape index (κ1) is 16.0. The van der Waals surface area contributed by atoms with E-state index in [0.717, 1.165) is 6.54 Å². The molecule has 0 spiro atoms. The first-order valence-corrected chi connectivity index (χ1v) is 7.56. The van der Waals surface area contributed by atoms with Gasteiger partial charge in [0.15, 0.2) is 0 Å². The molecule has 0 aromatic carbocycles. The molecule has 1 aliphatic heterocycles. The molecule has 0 amide bonds. The van der Waals surface area contributed by atoms with Gasteiger partial charge in [-0.3, -0.25) is 4.90 Å². The van der Waals surface area contributed by atoms with Crippen LogP contribution in [-0.4, -0.2) is 36.1 Å². The monoisotopic (exact) mass is 254 g/mol. The molecule has 108 valence electrons. The molecule has 1 aliphatic rings. The Hall–Kier alpha value is -0.0800. The van der Waals surface area contributed by atoms with E-state index in [0.29, 0.717) is 29.0 Å². The molecule has 1 N–H and O–H groups in total. The van der Waals surface area contributed by atoms with Crippen LogP contribution in [0.15, 0.2) is 0 Å². The van der Waals surface area contributed by atoms with Gasteiger partial charge in [-0.1, -0.05) is 48.5 Å². The van der Waals surface area contributed by atoms with Crippen LogP contribution in [0.1, 0.15) is 61.8 Å². The molecular weight excluding hydrogens is 220 g/mol. The Balaban J connectivity index is 2.86. The summed E-state index contributed by atoms with van der Waals surface area (Å²) in [7, 11) is 0. The quantitative estimate of drug-likeness (QED) is 0.811. The number of hydrogen-bond acceptors (Lipinski definition) is 2. The second kappa shape index (κ2) is 5.50. The minimum atomic E-state index is 0.342. The molecule has 0 saturated carbocycles. The molecule has 0 aromatic rings. The van der Waals surface area contributed by atoms with Crippen LogP contribution in [0.2, 0.25) is 0 Å². The Kier molecular flexibility index (Phi) is 4.88. The first-order valence-electron chi connectivity index (χ1n) is 7.56. The SMILES string of the molecule is CCC(C)N1CC(C(C)(C)C)NCC1C(C)(C)C. The smallest absolute Gasteiger partial charge is 0.0272 e. The van der Waals surface area contributed by atoms with Gasteiger partial charge in [0.1, 0.15) is 0 Å². The summed E-state index contributed by atoms with van der Waals surface area (Å²) >= 11 is 0. The van der Waals surface area contributed by atoms with Crippen molar-refractivity contribution < 1.29 is 0 Å². The summed E-state index contributed by atoms with van der Waals surface area (Å²) in [5, 5.41) is 3.78. The van der Waals surface area contributed by atoms with Gasteiger partial charge in [0.2, 0.25) is 0 Å². The van der Waals surface area contributed by atoms with Gasteiger partial charge in [-0.25, -0.2) is 0 Å². The molecule has 1 heterocycles. The van der Waals surface area contributed by atoms with Gasteiger partial charge in [0.25, 0.3) is 0 Å². The maximum absolute atomic E-state index is 3.78. The summed E-state index contributed by atoms with van der Waals surface area (Å²) in [6.45, 7) is 21.1. The van der Waals surface area contributed by atoms with E-state index >= 15 is 0 Å². The number of rotatable bonds is 2. The van der Waals surface area contributed by atoms with Crippen molar-refractivity contribution in [1.82, 2.24) is 10.2 Å². The van der Waals surface area contributed by atoms with Gasteiger partial charge in [-0.2, -0.15) is 0 Å². The molecule has 1 saturated heterocycles. The molecule has 0 bridgehead atoms. The summed E-state index contributed by atoms with van der Waals surface area (Å²) in [5.74, 6) is 0. The molecular formula is C16H34N2. The molecule has 2 heteroatoms. The Morgan fingerprint density at radius 1 is 1.11 bits per heavy atom. The minimum Gasteiger partial charge on any atom is -0.311 e.